The van der Waals surface area contributed by atoms with Crippen LogP contribution in [-0.2, 0) is 6.42 Å². The Morgan fingerprint density at radius 3 is 2.20 bits per heavy atom. The van der Waals surface area contributed by atoms with E-state index in [9.17, 15) is 8.78 Å². The van der Waals surface area contributed by atoms with E-state index in [-0.39, 0.29) is 5.41 Å². The minimum absolute atomic E-state index is 0.118. The molecule has 1 unspecified atom stereocenters. The maximum absolute atomic E-state index is 13.6. The Morgan fingerprint density at radius 1 is 1.20 bits per heavy atom. The largest absolute Gasteiger partial charge is 0.327 e. The molecule has 0 aliphatic carbocycles. The van der Waals surface area contributed by atoms with Crippen LogP contribution in [0.25, 0.3) is 0 Å². The Hall–Kier alpha value is -0.890. The van der Waals surface area contributed by atoms with E-state index in [1.807, 2.05) is 58.0 Å². The molecule has 0 spiro atoms. The predicted octanol–water partition coefficient (Wildman–Crippen LogP) is 6.06. The summed E-state index contributed by atoms with van der Waals surface area (Å²) in [7, 11) is 0. The molecule has 0 heterocycles. The van der Waals surface area contributed by atoms with Crippen molar-refractivity contribution in [1.29, 1.82) is 0 Å². The number of halogens is 3. The van der Waals surface area contributed by atoms with E-state index in [4.69, 9.17) is 11.6 Å². The highest BCUT2D eigenvalue weighted by Gasteiger charge is 2.35. The van der Waals surface area contributed by atoms with Gasteiger partial charge in [-0.1, -0.05) is 62.8 Å². The molecule has 0 aliphatic rings. The summed E-state index contributed by atoms with van der Waals surface area (Å²) >= 11 is 5.28. The SMILES string of the molecule is C/C(=C\C(CCc1ccccc1)C(F)(F)Cl)C(C)(C)C. The average Bonchev–Trinajstić information content (AvgIpc) is 2.32. The summed E-state index contributed by atoms with van der Waals surface area (Å²) in [5.74, 6) is -0.941. The van der Waals surface area contributed by atoms with Gasteiger partial charge in [0.05, 0.1) is 5.92 Å². The lowest BCUT2D eigenvalue weighted by Crippen LogP contribution is -2.22. The molecule has 1 aromatic rings. The van der Waals surface area contributed by atoms with E-state index in [2.05, 4.69) is 0 Å². The first-order valence-electron chi connectivity index (χ1n) is 6.90. The zero-order chi connectivity index (χ0) is 15.4. The molecule has 0 saturated carbocycles. The second-order valence-electron chi connectivity index (χ2n) is 6.27. The number of hydrogen-bond acceptors (Lipinski definition) is 0. The zero-order valence-electron chi connectivity index (χ0n) is 12.6. The smallest absolute Gasteiger partial charge is 0.188 e. The Balaban J connectivity index is 2.82. The highest BCUT2D eigenvalue weighted by molar-refractivity contribution is 6.22. The molecule has 0 N–H and O–H groups in total. The van der Waals surface area contributed by atoms with Gasteiger partial charge in [0.2, 0.25) is 0 Å². The molecule has 1 atom stereocenters. The lowest BCUT2D eigenvalue weighted by Gasteiger charge is -2.24. The molecule has 0 bridgehead atoms. The van der Waals surface area contributed by atoms with E-state index in [0.29, 0.717) is 12.8 Å². The van der Waals surface area contributed by atoms with Crippen molar-refractivity contribution < 1.29 is 8.78 Å². The second-order valence-corrected chi connectivity index (χ2v) is 6.78. The Morgan fingerprint density at radius 2 is 1.75 bits per heavy atom. The van der Waals surface area contributed by atoms with Crippen molar-refractivity contribution in [1.82, 2.24) is 0 Å². The fourth-order valence-corrected chi connectivity index (χ4v) is 2.03. The summed E-state index contributed by atoms with van der Waals surface area (Å²) in [6, 6.07) is 9.65. The number of benzene rings is 1. The lowest BCUT2D eigenvalue weighted by molar-refractivity contribution is 0.0457. The molecule has 0 saturated heterocycles. The van der Waals surface area contributed by atoms with Gasteiger partial charge in [0.25, 0.3) is 0 Å². The molecule has 0 aromatic heterocycles. The van der Waals surface area contributed by atoms with Crippen LogP contribution >= 0.6 is 11.6 Å². The number of aryl methyl sites for hydroxylation is 1. The first kappa shape index (κ1) is 17.2. The van der Waals surface area contributed by atoms with Gasteiger partial charge in [-0.3, -0.25) is 0 Å². The average molecular weight is 301 g/mol. The van der Waals surface area contributed by atoms with E-state index >= 15 is 0 Å². The first-order valence-corrected chi connectivity index (χ1v) is 7.28. The Kier molecular flexibility index (Phi) is 5.76. The molecular formula is C17H23ClF2. The van der Waals surface area contributed by atoms with Crippen molar-refractivity contribution in [3.05, 3.63) is 47.5 Å². The molecule has 112 valence electrons. The quantitative estimate of drug-likeness (QED) is 0.458. The third-order valence-electron chi connectivity index (χ3n) is 3.64. The molecular weight excluding hydrogens is 278 g/mol. The van der Waals surface area contributed by atoms with Gasteiger partial charge >= 0.3 is 5.38 Å². The normalized spacial score (nSPS) is 15.2. The summed E-state index contributed by atoms with van der Waals surface area (Å²) in [6.07, 6.45) is 2.58. The van der Waals surface area contributed by atoms with Crippen LogP contribution in [0.4, 0.5) is 8.78 Å². The van der Waals surface area contributed by atoms with E-state index in [1.165, 1.54) is 0 Å². The van der Waals surface area contributed by atoms with Gasteiger partial charge in [-0.2, -0.15) is 8.78 Å². The minimum atomic E-state index is -3.21. The third kappa shape index (κ3) is 5.62. The van der Waals surface area contributed by atoms with Gasteiger partial charge in [0, 0.05) is 0 Å². The van der Waals surface area contributed by atoms with Crippen molar-refractivity contribution in [2.75, 3.05) is 0 Å². The van der Waals surface area contributed by atoms with Crippen LogP contribution in [0.15, 0.2) is 42.0 Å². The molecule has 0 nitrogen and oxygen atoms in total. The van der Waals surface area contributed by atoms with Gasteiger partial charge in [-0.05, 0) is 42.3 Å². The van der Waals surface area contributed by atoms with Crippen molar-refractivity contribution in [3.8, 4) is 0 Å². The van der Waals surface area contributed by atoms with Crippen LogP contribution in [0.3, 0.4) is 0 Å². The first-order chi connectivity index (χ1) is 9.10. The molecule has 0 radical (unpaired) electrons. The van der Waals surface area contributed by atoms with E-state index in [1.54, 1.807) is 6.08 Å². The minimum Gasteiger partial charge on any atom is -0.188 e. The maximum Gasteiger partial charge on any atom is 0.327 e. The van der Waals surface area contributed by atoms with Crippen molar-refractivity contribution in [2.24, 2.45) is 11.3 Å². The van der Waals surface area contributed by atoms with Gasteiger partial charge < -0.3 is 0 Å². The molecule has 20 heavy (non-hydrogen) atoms. The van der Waals surface area contributed by atoms with Crippen molar-refractivity contribution in [3.63, 3.8) is 0 Å². The fraction of sp³-hybridized carbons (Fsp3) is 0.529. The molecule has 0 fully saturated rings. The number of hydrogen-bond donors (Lipinski definition) is 0. The van der Waals surface area contributed by atoms with Crippen LogP contribution in [0.1, 0.15) is 39.7 Å². The van der Waals surface area contributed by atoms with Crippen molar-refractivity contribution >= 4 is 11.6 Å². The van der Waals surface area contributed by atoms with Crippen LogP contribution in [0.5, 0.6) is 0 Å². The van der Waals surface area contributed by atoms with Crippen LogP contribution in [-0.4, -0.2) is 5.38 Å². The topological polar surface area (TPSA) is 0 Å². The van der Waals surface area contributed by atoms with Gasteiger partial charge in [-0.15, -0.1) is 0 Å². The van der Waals surface area contributed by atoms with E-state index < -0.39 is 11.3 Å². The zero-order valence-corrected chi connectivity index (χ0v) is 13.3. The summed E-state index contributed by atoms with van der Waals surface area (Å²) in [5.41, 5.74) is 1.88. The van der Waals surface area contributed by atoms with Crippen LogP contribution < -0.4 is 0 Å². The molecule has 0 aliphatic heterocycles. The molecule has 1 rings (SSSR count). The Bertz CT molecular complexity index is 438. The van der Waals surface area contributed by atoms with E-state index in [0.717, 1.165) is 11.1 Å². The summed E-state index contributed by atoms with van der Waals surface area (Å²) in [6.45, 7) is 7.93. The van der Waals surface area contributed by atoms with Gasteiger partial charge in [-0.25, -0.2) is 0 Å². The van der Waals surface area contributed by atoms with Gasteiger partial charge in [0.15, 0.2) is 0 Å². The number of rotatable bonds is 5. The fourth-order valence-electron chi connectivity index (χ4n) is 1.86. The monoisotopic (exact) mass is 300 g/mol. The molecule has 1 aromatic carbocycles. The number of allylic oxidation sites excluding steroid dienone is 2. The summed E-state index contributed by atoms with van der Waals surface area (Å²) in [5, 5.41) is -3.21. The highest BCUT2D eigenvalue weighted by atomic mass is 35.5. The Labute approximate surface area is 125 Å². The maximum atomic E-state index is 13.6. The highest BCUT2D eigenvalue weighted by Crippen LogP contribution is 2.36. The van der Waals surface area contributed by atoms with Crippen molar-refractivity contribution in [2.45, 2.75) is 45.9 Å². The number of alkyl halides is 3. The standard InChI is InChI=1S/C17H23ClF2/c1-13(16(2,3)4)12-15(17(18,19)20)11-10-14-8-6-5-7-9-14/h5-9,12,15H,10-11H2,1-4H3/b13-12+. The summed E-state index contributed by atoms with van der Waals surface area (Å²) < 4.78 is 27.1. The molecule has 3 heteroatoms. The molecule has 0 amide bonds. The second kappa shape index (κ2) is 6.71. The third-order valence-corrected chi connectivity index (χ3v) is 3.92. The van der Waals surface area contributed by atoms with Crippen LogP contribution in [0.2, 0.25) is 0 Å². The van der Waals surface area contributed by atoms with Gasteiger partial charge in [0.1, 0.15) is 0 Å². The lowest BCUT2D eigenvalue weighted by atomic mass is 9.84. The van der Waals surface area contributed by atoms with Crippen LogP contribution in [0, 0.1) is 11.3 Å². The summed E-state index contributed by atoms with van der Waals surface area (Å²) in [4.78, 5) is 0. The predicted molar refractivity (Wildman–Crippen MR) is 82.3 cm³/mol.